The van der Waals surface area contributed by atoms with Crippen molar-refractivity contribution in [2.75, 3.05) is 6.54 Å². The minimum atomic E-state index is -0.673. The van der Waals surface area contributed by atoms with Crippen molar-refractivity contribution in [2.45, 2.75) is 25.4 Å². The summed E-state index contributed by atoms with van der Waals surface area (Å²) in [6, 6.07) is 1.69. The molecule has 1 heterocycles. The average Bonchev–Trinajstić information content (AvgIpc) is 2.63. The van der Waals surface area contributed by atoms with Crippen LogP contribution in [0.25, 0.3) is 0 Å². The quantitative estimate of drug-likeness (QED) is 0.784. The first-order valence-electron chi connectivity index (χ1n) is 5.25. The van der Waals surface area contributed by atoms with E-state index < -0.39 is 6.10 Å². The van der Waals surface area contributed by atoms with E-state index in [0.717, 1.165) is 19.3 Å². The molecule has 1 atom stereocenters. The predicted molar refractivity (Wildman–Crippen MR) is 54.0 cm³/mol. The summed E-state index contributed by atoms with van der Waals surface area (Å²) in [4.78, 5) is 11.5. The lowest BCUT2D eigenvalue weighted by Gasteiger charge is -2.24. The minimum Gasteiger partial charge on any atom is -0.472 e. The zero-order chi connectivity index (χ0) is 10.7. The number of nitrogens with one attached hydrogen (secondary N) is 1. The second-order valence-corrected chi connectivity index (χ2v) is 3.95. The van der Waals surface area contributed by atoms with Gasteiger partial charge in [-0.3, -0.25) is 4.79 Å². The molecule has 2 N–H and O–H groups in total. The van der Waals surface area contributed by atoms with E-state index in [1.807, 2.05) is 0 Å². The molecule has 0 aromatic carbocycles. The Balaban J connectivity index is 1.75. The topological polar surface area (TPSA) is 62.5 Å². The van der Waals surface area contributed by atoms with E-state index in [-0.39, 0.29) is 18.4 Å². The van der Waals surface area contributed by atoms with Crippen LogP contribution in [0.2, 0.25) is 0 Å². The zero-order valence-corrected chi connectivity index (χ0v) is 8.48. The molecule has 1 aromatic heterocycles. The van der Waals surface area contributed by atoms with Gasteiger partial charge in [0.05, 0.1) is 18.6 Å². The summed E-state index contributed by atoms with van der Waals surface area (Å²) in [6.07, 6.45) is 5.42. The molecule has 1 fully saturated rings. The highest BCUT2D eigenvalue weighted by Gasteiger charge is 2.25. The van der Waals surface area contributed by atoms with E-state index >= 15 is 0 Å². The smallest absolute Gasteiger partial charge is 0.223 e. The molecule has 82 valence electrons. The summed E-state index contributed by atoms with van der Waals surface area (Å²) in [5.74, 6) is 0.227. The van der Waals surface area contributed by atoms with Gasteiger partial charge in [-0.05, 0) is 18.9 Å². The van der Waals surface area contributed by atoms with E-state index in [0.29, 0.717) is 5.56 Å². The Morgan fingerprint density at radius 2 is 2.47 bits per heavy atom. The summed E-state index contributed by atoms with van der Waals surface area (Å²) < 4.78 is 4.85. The highest BCUT2D eigenvalue weighted by atomic mass is 16.3. The molecular weight excluding hydrogens is 194 g/mol. The maximum atomic E-state index is 11.5. The van der Waals surface area contributed by atoms with Crippen molar-refractivity contribution in [2.24, 2.45) is 5.92 Å². The van der Waals surface area contributed by atoms with Crippen molar-refractivity contribution in [3.05, 3.63) is 24.2 Å². The first kappa shape index (κ1) is 10.2. The van der Waals surface area contributed by atoms with Crippen LogP contribution in [0, 0.1) is 5.92 Å². The number of furan rings is 1. The lowest BCUT2D eigenvalue weighted by Crippen LogP contribution is -2.36. The van der Waals surface area contributed by atoms with Gasteiger partial charge in [0.15, 0.2) is 0 Å². The molecule has 0 aliphatic heterocycles. The standard InChI is InChI=1S/C11H15NO3/c13-10(9-4-5-15-7-9)6-12-11(14)8-2-1-3-8/h4-5,7-8,10,13H,1-3,6H2,(H,12,14)/t10-/m1/s1. The first-order chi connectivity index (χ1) is 7.27. The molecule has 2 rings (SSSR count). The summed E-state index contributed by atoms with van der Waals surface area (Å²) in [7, 11) is 0. The molecule has 1 aliphatic carbocycles. The average molecular weight is 209 g/mol. The third-order valence-corrected chi connectivity index (χ3v) is 2.87. The maximum absolute atomic E-state index is 11.5. The van der Waals surface area contributed by atoms with Crippen LogP contribution in [-0.2, 0) is 4.79 Å². The number of hydrogen-bond acceptors (Lipinski definition) is 3. The number of carbonyl (C=O) groups is 1. The monoisotopic (exact) mass is 209 g/mol. The van der Waals surface area contributed by atoms with Crippen LogP contribution in [0.5, 0.6) is 0 Å². The second kappa shape index (κ2) is 4.49. The van der Waals surface area contributed by atoms with Gasteiger partial charge in [-0.2, -0.15) is 0 Å². The zero-order valence-electron chi connectivity index (χ0n) is 8.48. The lowest BCUT2D eigenvalue weighted by atomic mass is 9.85. The molecule has 0 unspecified atom stereocenters. The number of hydrogen-bond donors (Lipinski definition) is 2. The normalized spacial score (nSPS) is 18.2. The molecule has 1 aromatic rings. The van der Waals surface area contributed by atoms with Crippen LogP contribution >= 0.6 is 0 Å². The number of carbonyl (C=O) groups excluding carboxylic acids is 1. The molecule has 1 amide bonds. The number of aliphatic hydroxyl groups is 1. The fourth-order valence-electron chi connectivity index (χ4n) is 1.59. The van der Waals surface area contributed by atoms with Crippen molar-refractivity contribution in [3.63, 3.8) is 0 Å². The van der Waals surface area contributed by atoms with Crippen LogP contribution in [-0.4, -0.2) is 17.6 Å². The van der Waals surface area contributed by atoms with Gasteiger partial charge in [-0.1, -0.05) is 6.42 Å². The third-order valence-electron chi connectivity index (χ3n) is 2.87. The molecule has 4 heteroatoms. The van der Waals surface area contributed by atoms with Crippen molar-refractivity contribution in [1.29, 1.82) is 0 Å². The molecule has 4 nitrogen and oxygen atoms in total. The fourth-order valence-corrected chi connectivity index (χ4v) is 1.59. The molecule has 1 saturated carbocycles. The summed E-state index contributed by atoms with van der Waals surface area (Å²) in [6.45, 7) is 0.259. The van der Waals surface area contributed by atoms with Crippen molar-refractivity contribution >= 4 is 5.91 Å². The van der Waals surface area contributed by atoms with E-state index in [9.17, 15) is 9.90 Å². The van der Waals surface area contributed by atoms with Crippen LogP contribution in [0.1, 0.15) is 30.9 Å². The lowest BCUT2D eigenvalue weighted by molar-refractivity contribution is -0.127. The van der Waals surface area contributed by atoms with Gasteiger partial charge in [-0.15, -0.1) is 0 Å². The Bertz CT molecular complexity index is 317. The van der Waals surface area contributed by atoms with Crippen molar-refractivity contribution < 1.29 is 14.3 Å². The van der Waals surface area contributed by atoms with Gasteiger partial charge in [0.1, 0.15) is 0 Å². The number of rotatable bonds is 4. The Kier molecular flexibility index (Phi) is 3.06. The van der Waals surface area contributed by atoms with Gasteiger partial charge in [0, 0.05) is 18.0 Å². The highest BCUT2D eigenvalue weighted by molar-refractivity contribution is 5.79. The summed E-state index contributed by atoms with van der Waals surface area (Å²) in [5.41, 5.74) is 0.698. The Labute approximate surface area is 88.3 Å². The SMILES string of the molecule is O=C(NC[C@@H](O)c1ccoc1)C1CCC1. The van der Waals surface area contributed by atoms with Crippen LogP contribution in [0.15, 0.2) is 23.0 Å². The molecule has 0 bridgehead atoms. The van der Waals surface area contributed by atoms with E-state index in [2.05, 4.69) is 5.32 Å². The Morgan fingerprint density at radius 1 is 1.67 bits per heavy atom. The van der Waals surface area contributed by atoms with Crippen molar-refractivity contribution in [3.8, 4) is 0 Å². The third kappa shape index (κ3) is 2.39. The molecular formula is C11H15NO3. The molecule has 0 saturated heterocycles. The minimum absolute atomic E-state index is 0.0591. The molecule has 0 radical (unpaired) electrons. The Hall–Kier alpha value is -1.29. The van der Waals surface area contributed by atoms with Crippen LogP contribution in [0.4, 0.5) is 0 Å². The first-order valence-corrected chi connectivity index (χ1v) is 5.25. The highest BCUT2D eigenvalue weighted by Crippen LogP contribution is 2.26. The van der Waals surface area contributed by atoms with Gasteiger partial charge in [-0.25, -0.2) is 0 Å². The number of aliphatic hydroxyl groups excluding tert-OH is 1. The largest absolute Gasteiger partial charge is 0.472 e. The Morgan fingerprint density at radius 3 is 3.00 bits per heavy atom. The van der Waals surface area contributed by atoms with Crippen LogP contribution < -0.4 is 5.32 Å². The van der Waals surface area contributed by atoms with Crippen molar-refractivity contribution in [1.82, 2.24) is 5.32 Å². The van der Waals surface area contributed by atoms with Gasteiger partial charge in [0.2, 0.25) is 5.91 Å². The van der Waals surface area contributed by atoms with E-state index in [4.69, 9.17) is 4.42 Å². The van der Waals surface area contributed by atoms with E-state index in [1.54, 1.807) is 6.07 Å². The second-order valence-electron chi connectivity index (χ2n) is 3.95. The van der Waals surface area contributed by atoms with Crippen LogP contribution in [0.3, 0.4) is 0 Å². The summed E-state index contributed by atoms with van der Waals surface area (Å²) in [5, 5.41) is 12.4. The van der Waals surface area contributed by atoms with E-state index in [1.165, 1.54) is 12.5 Å². The molecule has 1 aliphatic rings. The summed E-state index contributed by atoms with van der Waals surface area (Å²) >= 11 is 0. The van der Waals surface area contributed by atoms with Gasteiger partial charge < -0.3 is 14.8 Å². The predicted octanol–water partition coefficient (Wildman–Crippen LogP) is 1.23. The molecule has 15 heavy (non-hydrogen) atoms. The molecule has 0 spiro atoms. The maximum Gasteiger partial charge on any atom is 0.223 e. The van der Waals surface area contributed by atoms with Gasteiger partial charge >= 0.3 is 0 Å². The fraction of sp³-hybridized carbons (Fsp3) is 0.545. The van der Waals surface area contributed by atoms with Gasteiger partial charge in [0.25, 0.3) is 0 Å². The number of amides is 1.